The Labute approximate surface area is 357 Å². The first kappa shape index (κ1) is 36.3. The van der Waals surface area contributed by atoms with Crippen LogP contribution >= 0.6 is 0 Å². The van der Waals surface area contributed by atoms with E-state index >= 15 is 0 Å². The molecule has 0 fully saturated rings. The third kappa shape index (κ3) is 6.71. The van der Waals surface area contributed by atoms with E-state index in [1.807, 2.05) is 0 Å². The molecule has 0 radical (unpaired) electrons. The molecule has 0 saturated heterocycles. The highest BCUT2D eigenvalue weighted by Gasteiger charge is 2.20. The Hall–Kier alpha value is -7.74. The largest absolute Gasteiger partial charge is 0.310 e. The van der Waals surface area contributed by atoms with E-state index in [9.17, 15) is 0 Å². The third-order valence-electron chi connectivity index (χ3n) is 12.2. The monoisotopic (exact) mass is 777 g/mol. The second-order valence-corrected chi connectivity index (χ2v) is 16.3. The molecule has 0 amide bonds. The SMILES string of the molecule is Cc1cccc(N(c2cccc(C)c2)c2ccc3cc(-c4c5ccccc5c(-c5cc(-c6ccccc6)cc(-c6ccccc6)c5)c5cc6ccccc6cc45)ccc3c2)c1. The summed E-state index contributed by atoms with van der Waals surface area (Å²) in [4.78, 5) is 2.37. The van der Waals surface area contributed by atoms with Crippen LogP contribution in [-0.2, 0) is 0 Å². The molecule has 11 aromatic carbocycles. The van der Waals surface area contributed by atoms with Crippen LogP contribution in [0.1, 0.15) is 11.1 Å². The van der Waals surface area contributed by atoms with Crippen molar-refractivity contribution in [3.05, 3.63) is 236 Å². The molecule has 11 aromatic rings. The van der Waals surface area contributed by atoms with Gasteiger partial charge in [0.05, 0.1) is 0 Å². The van der Waals surface area contributed by atoms with Crippen molar-refractivity contribution in [1.82, 2.24) is 0 Å². The van der Waals surface area contributed by atoms with Crippen LogP contribution in [0.15, 0.2) is 224 Å². The summed E-state index contributed by atoms with van der Waals surface area (Å²) in [6.07, 6.45) is 0. The van der Waals surface area contributed by atoms with Crippen molar-refractivity contribution in [3.8, 4) is 44.5 Å². The minimum Gasteiger partial charge on any atom is -0.310 e. The molecule has 0 saturated carbocycles. The van der Waals surface area contributed by atoms with E-state index in [2.05, 4.69) is 243 Å². The normalized spacial score (nSPS) is 11.4. The van der Waals surface area contributed by atoms with Gasteiger partial charge in [0.15, 0.2) is 0 Å². The Morgan fingerprint density at radius 3 is 1.25 bits per heavy atom. The van der Waals surface area contributed by atoms with Gasteiger partial charge in [-0.1, -0.05) is 152 Å². The minimum absolute atomic E-state index is 1.13. The predicted molar refractivity (Wildman–Crippen MR) is 262 cm³/mol. The van der Waals surface area contributed by atoms with Gasteiger partial charge in [-0.3, -0.25) is 0 Å². The topological polar surface area (TPSA) is 3.24 Å². The Kier molecular flexibility index (Phi) is 9.02. The van der Waals surface area contributed by atoms with Crippen molar-refractivity contribution in [2.75, 3.05) is 4.90 Å². The molecule has 11 rings (SSSR count). The van der Waals surface area contributed by atoms with Crippen molar-refractivity contribution in [3.63, 3.8) is 0 Å². The predicted octanol–water partition coefficient (Wildman–Crippen LogP) is 17.1. The van der Waals surface area contributed by atoms with Gasteiger partial charge < -0.3 is 4.90 Å². The van der Waals surface area contributed by atoms with E-state index < -0.39 is 0 Å². The van der Waals surface area contributed by atoms with Crippen molar-refractivity contribution in [2.24, 2.45) is 0 Å². The summed E-state index contributed by atoms with van der Waals surface area (Å²) >= 11 is 0. The molecule has 0 spiro atoms. The Morgan fingerprint density at radius 2 is 0.689 bits per heavy atom. The van der Waals surface area contributed by atoms with Gasteiger partial charge >= 0.3 is 0 Å². The lowest BCUT2D eigenvalue weighted by molar-refractivity contribution is 1.26. The second-order valence-electron chi connectivity index (χ2n) is 16.3. The van der Waals surface area contributed by atoms with Gasteiger partial charge in [-0.25, -0.2) is 0 Å². The number of hydrogen-bond donors (Lipinski definition) is 0. The van der Waals surface area contributed by atoms with Crippen molar-refractivity contribution < 1.29 is 0 Å². The number of benzene rings is 11. The summed E-state index contributed by atoms with van der Waals surface area (Å²) in [6.45, 7) is 4.32. The quantitative estimate of drug-likeness (QED) is 0.146. The molecule has 0 bridgehead atoms. The van der Waals surface area contributed by atoms with Gasteiger partial charge in [-0.2, -0.15) is 0 Å². The van der Waals surface area contributed by atoms with E-state index in [0.29, 0.717) is 0 Å². The van der Waals surface area contributed by atoms with Crippen LogP contribution in [0, 0.1) is 13.8 Å². The summed E-state index contributed by atoms with van der Waals surface area (Å²) in [5, 5.41) is 9.86. The minimum atomic E-state index is 1.13. The summed E-state index contributed by atoms with van der Waals surface area (Å²) in [5.74, 6) is 0. The number of fused-ring (bicyclic) bond motifs is 4. The van der Waals surface area contributed by atoms with E-state index in [4.69, 9.17) is 0 Å². The zero-order chi connectivity index (χ0) is 40.9. The van der Waals surface area contributed by atoms with Crippen LogP contribution in [-0.4, -0.2) is 0 Å². The van der Waals surface area contributed by atoms with Crippen molar-refractivity contribution in [1.29, 1.82) is 0 Å². The van der Waals surface area contributed by atoms with E-state index in [1.165, 1.54) is 98.7 Å². The average Bonchev–Trinajstić information content (AvgIpc) is 3.30. The van der Waals surface area contributed by atoms with E-state index in [0.717, 1.165) is 17.1 Å². The first-order valence-electron chi connectivity index (χ1n) is 21.2. The van der Waals surface area contributed by atoms with E-state index in [-0.39, 0.29) is 0 Å². The standard InChI is InChI=1S/C60H43N/c1-40-15-13-23-52(31-40)61(53-24-14-16-41(2)32-53)54-30-29-46-33-48(28-27-47(46)37-54)59-55-25-11-12-26-56(55)60(58-39-45-22-10-9-21-44(45)38-57(58)59)51-35-49(42-17-5-3-6-18-42)34-50(36-51)43-19-7-4-8-20-43/h3-39H,1-2H3. The van der Waals surface area contributed by atoms with Crippen molar-refractivity contribution >= 4 is 60.2 Å². The van der Waals surface area contributed by atoms with Crippen LogP contribution in [0.4, 0.5) is 17.1 Å². The maximum Gasteiger partial charge on any atom is 0.0468 e. The molecular formula is C60H43N. The number of hydrogen-bond acceptors (Lipinski definition) is 1. The van der Waals surface area contributed by atoms with Crippen LogP contribution in [0.3, 0.4) is 0 Å². The zero-order valence-corrected chi connectivity index (χ0v) is 34.3. The first-order chi connectivity index (χ1) is 30.0. The fraction of sp³-hybridized carbons (Fsp3) is 0.0333. The summed E-state index contributed by atoms with van der Waals surface area (Å²) in [7, 11) is 0. The number of rotatable bonds is 7. The lowest BCUT2D eigenvalue weighted by Gasteiger charge is -2.26. The second kappa shape index (κ2) is 15.1. The highest BCUT2D eigenvalue weighted by molar-refractivity contribution is 6.24. The average molecular weight is 778 g/mol. The molecule has 288 valence electrons. The molecule has 0 aromatic heterocycles. The van der Waals surface area contributed by atoms with Crippen LogP contribution < -0.4 is 4.90 Å². The lowest BCUT2D eigenvalue weighted by atomic mass is 9.83. The van der Waals surface area contributed by atoms with Crippen molar-refractivity contribution in [2.45, 2.75) is 13.8 Å². The molecular weight excluding hydrogens is 735 g/mol. The summed E-state index contributed by atoms with van der Waals surface area (Å²) in [5.41, 5.74) is 15.7. The number of aryl methyl sites for hydroxylation is 2. The Balaban J connectivity index is 1.14. The van der Waals surface area contributed by atoms with Gasteiger partial charge in [-0.05, 0) is 185 Å². The van der Waals surface area contributed by atoms with Gasteiger partial charge in [-0.15, -0.1) is 0 Å². The molecule has 61 heavy (non-hydrogen) atoms. The molecule has 1 heteroatoms. The molecule has 0 atom stereocenters. The smallest absolute Gasteiger partial charge is 0.0468 e. The molecule has 0 aliphatic rings. The first-order valence-corrected chi connectivity index (χ1v) is 21.2. The third-order valence-corrected chi connectivity index (χ3v) is 12.2. The van der Waals surface area contributed by atoms with Gasteiger partial charge in [0.2, 0.25) is 0 Å². The van der Waals surface area contributed by atoms with Crippen LogP contribution in [0.5, 0.6) is 0 Å². The summed E-state index contributed by atoms with van der Waals surface area (Å²) < 4.78 is 0. The molecule has 0 N–H and O–H groups in total. The number of anilines is 3. The fourth-order valence-corrected chi connectivity index (χ4v) is 9.36. The van der Waals surface area contributed by atoms with Gasteiger partial charge in [0, 0.05) is 17.1 Å². The molecule has 1 nitrogen and oxygen atoms in total. The fourth-order valence-electron chi connectivity index (χ4n) is 9.36. The van der Waals surface area contributed by atoms with Gasteiger partial charge in [0.25, 0.3) is 0 Å². The molecule has 0 aliphatic carbocycles. The zero-order valence-electron chi connectivity index (χ0n) is 34.3. The maximum absolute atomic E-state index is 2.42. The Morgan fingerprint density at radius 1 is 0.246 bits per heavy atom. The molecule has 0 unspecified atom stereocenters. The lowest BCUT2D eigenvalue weighted by Crippen LogP contribution is -2.10. The summed E-state index contributed by atoms with van der Waals surface area (Å²) in [6, 6.07) is 82.8. The molecule has 0 heterocycles. The maximum atomic E-state index is 2.42. The van der Waals surface area contributed by atoms with Gasteiger partial charge in [0.1, 0.15) is 0 Å². The number of nitrogens with zero attached hydrogens (tertiary/aromatic N) is 1. The van der Waals surface area contributed by atoms with Crippen LogP contribution in [0.25, 0.3) is 87.6 Å². The Bertz CT molecular complexity index is 3330. The van der Waals surface area contributed by atoms with E-state index in [1.54, 1.807) is 0 Å². The van der Waals surface area contributed by atoms with Crippen LogP contribution in [0.2, 0.25) is 0 Å². The highest BCUT2D eigenvalue weighted by atomic mass is 15.1. The molecule has 0 aliphatic heterocycles. The highest BCUT2D eigenvalue weighted by Crippen LogP contribution is 2.47.